The number of carbonyl (C=O) groups is 2. The van der Waals surface area contributed by atoms with Crippen molar-refractivity contribution in [2.45, 2.75) is 33.7 Å². The molecule has 0 saturated heterocycles. The van der Waals surface area contributed by atoms with Gasteiger partial charge in [-0.3, -0.25) is 9.59 Å². The highest BCUT2D eigenvalue weighted by atomic mass is 16.2. The van der Waals surface area contributed by atoms with Gasteiger partial charge in [0.2, 0.25) is 11.8 Å². The Morgan fingerprint density at radius 2 is 1.95 bits per heavy atom. The lowest BCUT2D eigenvalue weighted by Crippen LogP contribution is -2.23. The van der Waals surface area contributed by atoms with E-state index < -0.39 is 0 Å². The largest absolute Gasteiger partial charge is 0.351 e. The number of amides is 2. The third kappa shape index (κ3) is 6.71. The van der Waals surface area contributed by atoms with Gasteiger partial charge in [-0.2, -0.15) is 5.26 Å². The van der Waals surface area contributed by atoms with Gasteiger partial charge in [0.25, 0.3) is 0 Å². The molecule has 0 aromatic heterocycles. The molecule has 0 fully saturated rings. The molecule has 5 nitrogen and oxygen atoms in total. The van der Waals surface area contributed by atoms with Crippen molar-refractivity contribution >= 4 is 17.5 Å². The number of hydrogen-bond acceptors (Lipinski definition) is 3. The molecular formula is C17H21N3O2. The summed E-state index contributed by atoms with van der Waals surface area (Å²) in [5.74, 6) is -0.554. The van der Waals surface area contributed by atoms with Crippen LogP contribution in [0.2, 0.25) is 0 Å². The van der Waals surface area contributed by atoms with Crippen LogP contribution in [0.4, 0.5) is 5.69 Å². The van der Waals surface area contributed by atoms with Gasteiger partial charge in [0.05, 0.1) is 6.07 Å². The van der Waals surface area contributed by atoms with Crippen LogP contribution in [0.25, 0.3) is 0 Å². The zero-order valence-corrected chi connectivity index (χ0v) is 13.1. The topological polar surface area (TPSA) is 82.0 Å². The van der Waals surface area contributed by atoms with Gasteiger partial charge in [-0.1, -0.05) is 45.0 Å². The summed E-state index contributed by atoms with van der Waals surface area (Å²) in [7, 11) is 0. The van der Waals surface area contributed by atoms with E-state index in [0.29, 0.717) is 5.69 Å². The Bertz CT molecular complexity index is 607. The number of rotatable bonds is 5. The molecule has 1 aromatic rings. The molecule has 0 spiro atoms. The second kappa shape index (κ2) is 7.99. The zero-order chi connectivity index (χ0) is 16.6. The van der Waals surface area contributed by atoms with Crippen molar-refractivity contribution in [3.8, 4) is 6.07 Å². The molecule has 0 saturated carbocycles. The summed E-state index contributed by atoms with van der Waals surface area (Å²) >= 11 is 0. The molecule has 0 aliphatic rings. The van der Waals surface area contributed by atoms with E-state index in [4.69, 9.17) is 5.26 Å². The van der Waals surface area contributed by atoms with Crippen molar-refractivity contribution in [1.82, 2.24) is 5.32 Å². The number of benzene rings is 1. The fourth-order valence-electron chi connectivity index (χ4n) is 1.62. The van der Waals surface area contributed by atoms with Gasteiger partial charge in [-0.15, -0.1) is 0 Å². The number of nitriles is 1. The lowest BCUT2D eigenvalue weighted by molar-refractivity contribution is -0.120. The standard InChI is InChI=1S/C17H21N3O2/c1-17(2,3)10-8-16(22)20-14-7-5-4-6-13(14)12-19-15(21)9-11-18/h4-8,10H,9,12H2,1-3H3,(H,19,21)(H,20,22)/b10-8+. The van der Waals surface area contributed by atoms with Gasteiger partial charge >= 0.3 is 0 Å². The van der Waals surface area contributed by atoms with Crippen molar-refractivity contribution in [1.29, 1.82) is 5.26 Å². The first-order valence-corrected chi connectivity index (χ1v) is 7.03. The Labute approximate surface area is 131 Å². The van der Waals surface area contributed by atoms with E-state index >= 15 is 0 Å². The number of nitrogens with zero attached hydrogens (tertiary/aromatic N) is 1. The van der Waals surface area contributed by atoms with Crippen molar-refractivity contribution in [2.75, 3.05) is 5.32 Å². The molecule has 2 amide bonds. The van der Waals surface area contributed by atoms with Crippen LogP contribution >= 0.6 is 0 Å². The monoisotopic (exact) mass is 299 g/mol. The van der Waals surface area contributed by atoms with Crippen molar-refractivity contribution in [3.63, 3.8) is 0 Å². The lowest BCUT2D eigenvalue weighted by atomic mass is 9.96. The Balaban J connectivity index is 2.72. The normalized spacial score (nSPS) is 11.0. The van der Waals surface area contributed by atoms with Gasteiger partial charge in [-0.25, -0.2) is 0 Å². The van der Waals surface area contributed by atoms with Gasteiger partial charge < -0.3 is 10.6 Å². The highest BCUT2D eigenvalue weighted by molar-refractivity contribution is 5.99. The Kier molecular flexibility index (Phi) is 6.33. The summed E-state index contributed by atoms with van der Waals surface area (Å²) < 4.78 is 0. The summed E-state index contributed by atoms with van der Waals surface area (Å²) in [6.07, 6.45) is 3.16. The maximum atomic E-state index is 11.9. The summed E-state index contributed by atoms with van der Waals surface area (Å²) in [5, 5.41) is 13.9. The van der Waals surface area contributed by atoms with Crippen LogP contribution in [0, 0.1) is 16.7 Å². The van der Waals surface area contributed by atoms with E-state index in [1.165, 1.54) is 6.08 Å². The molecule has 1 aromatic carbocycles. The number of carbonyl (C=O) groups excluding carboxylic acids is 2. The van der Waals surface area contributed by atoms with Crippen LogP contribution in [-0.4, -0.2) is 11.8 Å². The second-order valence-corrected chi connectivity index (χ2v) is 5.96. The third-order valence-corrected chi connectivity index (χ3v) is 2.73. The van der Waals surface area contributed by atoms with Crippen LogP contribution in [0.5, 0.6) is 0 Å². The highest BCUT2D eigenvalue weighted by Crippen LogP contribution is 2.17. The smallest absolute Gasteiger partial charge is 0.248 e. The minimum Gasteiger partial charge on any atom is -0.351 e. The molecule has 0 heterocycles. The zero-order valence-electron chi connectivity index (χ0n) is 13.1. The van der Waals surface area contributed by atoms with Crippen LogP contribution in [0.3, 0.4) is 0 Å². The molecule has 2 N–H and O–H groups in total. The predicted octanol–water partition coefficient (Wildman–Crippen LogP) is 2.76. The van der Waals surface area contributed by atoms with E-state index in [1.54, 1.807) is 12.1 Å². The number of anilines is 1. The summed E-state index contributed by atoms with van der Waals surface area (Å²) in [6.45, 7) is 6.29. The molecule has 1 rings (SSSR count). The number of nitrogens with one attached hydrogen (secondary N) is 2. The maximum Gasteiger partial charge on any atom is 0.248 e. The molecule has 0 radical (unpaired) electrons. The van der Waals surface area contributed by atoms with E-state index in [0.717, 1.165) is 5.56 Å². The maximum absolute atomic E-state index is 11.9. The number of hydrogen-bond donors (Lipinski definition) is 2. The third-order valence-electron chi connectivity index (χ3n) is 2.73. The van der Waals surface area contributed by atoms with E-state index in [9.17, 15) is 9.59 Å². The molecule has 0 bridgehead atoms. The first-order valence-electron chi connectivity index (χ1n) is 7.03. The summed E-state index contributed by atoms with van der Waals surface area (Å²) in [4.78, 5) is 23.3. The Morgan fingerprint density at radius 1 is 1.27 bits per heavy atom. The van der Waals surface area contributed by atoms with Crippen LogP contribution in [0.1, 0.15) is 32.8 Å². The summed E-state index contributed by atoms with van der Waals surface area (Å²) in [6, 6.07) is 9.01. The minimum atomic E-state index is -0.337. The molecule has 0 aliphatic heterocycles. The van der Waals surface area contributed by atoms with Crippen LogP contribution < -0.4 is 10.6 Å². The first-order chi connectivity index (χ1) is 10.3. The van der Waals surface area contributed by atoms with Gasteiger partial charge in [-0.05, 0) is 23.1 Å². The van der Waals surface area contributed by atoms with Gasteiger partial charge in [0.15, 0.2) is 0 Å². The van der Waals surface area contributed by atoms with Crippen molar-refractivity contribution < 1.29 is 9.59 Å². The fourth-order valence-corrected chi connectivity index (χ4v) is 1.62. The predicted molar refractivity (Wildman–Crippen MR) is 85.7 cm³/mol. The highest BCUT2D eigenvalue weighted by Gasteiger charge is 2.08. The molecule has 0 atom stereocenters. The number of allylic oxidation sites excluding steroid dienone is 1. The van der Waals surface area contributed by atoms with Crippen LogP contribution in [0.15, 0.2) is 36.4 Å². The average Bonchev–Trinajstić information content (AvgIpc) is 2.44. The molecule has 0 unspecified atom stereocenters. The van der Waals surface area contributed by atoms with E-state index in [-0.39, 0.29) is 30.2 Å². The van der Waals surface area contributed by atoms with E-state index in [2.05, 4.69) is 10.6 Å². The van der Waals surface area contributed by atoms with Gasteiger partial charge in [0, 0.05) is 12.2 Å². The van der Waals surface area contributed by atoms with Crippen molar-refractivity contribution in [2.24, 2.45) is 5.41 Å². The molecule has 5 heteroatoms. The molecule has 116 valence electrons. The van der Waals surface area contributed by atoms with Crippen LogP contribution in [-0.2, 0) is 16.1 Å². The second-order valence-electron chi connectivity index (χ2n) is 5.96. The molecule has 0 aliphatic carbocycles. The first kappa shape index (κ1) is 17.4. The van der Waals surface area contributed by atoms with Crippen molar-refractivity contribution in [3.05, 3.63) is 42.0 Å². The van der Waals surface area contributed by atoms with Gasteiger partial charge in [0.1, 0.15) is 6.42 Å². The summed E-state index contributed by atoms with van der Waals surface area (Å²) in [5.41, 5.74) is 1.36. The molecular weight excluding hydrogens is 278 g/mol. The Hall–Kier alpha value is -2.61. The fraction of sp³-hybridized carbons (Fsp3) is 0.353. The van der Waals surface area contributed by atoms with E-state index in [1.807, 2.05) is 45.0 Å². The molecule has 22 heavy (non-hydrogen) atoms. The quantitative estimate of drug-likeness (QED) is 0.820. The minimum absolute atomic E-state index is 0.0673. The Morgan fingerprint density at radius 3 is 2.59 bits per heavy atom. The number of para-hydroxylation sites is 1. The lowest BCUT2D eigenvalue weighted by Gasteiger charge is -2.12. The SMILES string of the molecule is CC(C)(C)/C=C/C(=O)Nc1ccccc1CNC(=O)CC#N. The average molecular weight is 299 g/mol.